The van der Waals surface area contributed by atoms with Crippen LogP contribution >= 0.6 is 11.6 Å². The lowest BCUT2D eigenvalue weighted by atomic mass is 9.70. The fourth-order valence-electron chi connectivity index (χ4n) is 4.69. The summed E-state index contributed by atoms with van der Waals surface area (Å²) in [5.74, 6) is -7.78. The van der Waals surface area contributed by atoms with E-state index in [2.05, 4.69) is 15.6 Å². The molecule has 0 aromatic heterocycles. The van der Waals surface area contributed by atoms with Gasteiger partial charge in [-0.05, 0) is 26.2 Å². The number of hydrogen-bond donors (Lipinski definition) is 4. The zero-order valence-electron chi connectivity index (χ0n) is 17.9. The average molecular weight is 489 g/mol. The Morgan fingerprint density at radius 2 is 2.09 bits per heavy atom. The van der Waals surface area contributed by atoms with Crippen molar-refractivity contribution in [3.63, 3.8) is 0 Å². The van der Waals surface area contributed by atoms with Gasteiger partial charge in [-0.3, -0.25) is 10.3 Å². The number of alkyl halides is 6. The van der Waals surface area contributed by atoms with Crippen molar-refractivity contribution in [2.75, 3.05) is 19.8 Å². The number of halogens is 6. The Bertz CT molecular complexity index is 750. The maximum atomic E-state index is 14.9. The van der Waals surface area contributed by atoms with Gasteiger partial charge in [-0.25, -0.2) is 22.0 Å². The first-order valence-electron chi connectivity index (χ1n) is 10.6. The Morgan fingerprint density at radius 3 is 2.72 bits per heavy atom. The predicted octanol–water partition coefficient (Wildman–Crippen LogP) is 2.34. The largest absolute Gasteiger partial charge is 0.386 e. The molecule has 0 saturated heterocycles. The molecule has 3 rings (SSSR count). The van der Waals surface area contributed by atoms with Crippen molar-refractivity contribution >= 4 is 17.4 Å². The van der Waals surface area contributed by atoms with Crippen LogP contribution in [0.1, 0.15) is 33.1 Å². The molecule has 0 bridgehead atoms. The maximum Gasteiger partial charge on any atom is 0.295 e. The van der Waals surface area contributed by atoms with E-state index in [9.17, 15) is 27.1 Å². The fraction of sp³-hybridized carbons (Fsp3) is 0.850. The van der Waals surface area contributed by atoms with E-state index in [-0.39, 0.29) is 37.4 Å². The Hall–Kier alpha value is -1.01. The monoisotopic (exact) mass is 488 g/mol. The summed E-state index contributed by atoms with van der Waals surface area (Å²) in [7, 11) is 0. The number of nitrogens with zero attached hydrogens (tertiary/aromatic N) is 1. The molecule has 0 spiro atoms. The van der Waals surface area contributed by atoms with Crippen LogP contribution in [0, 0.1) is 5.92 Å². The summed E-state index contributed by atoms with van der Waals surface area (Å²) in [4.78, 5) is 3.96. The van der Waals surface area contributed by atoms with Gasteiger partial charge in [-0.1, -0.05) is 6.08 Å². The molecule has 0 amide bonds. The highest BCUT2D eigenvalue weighted by atomic mass is 35.5. The summed E-state index contributed by atoms with van der Waals surface area (Å²) in [5.41, 5.74) is 3.39. The first-order chi connectivity index (χ1) is 14.7. The first kappa shape index (κ1) is 25.6. The van der Waals surface area contributed by atoms with E-state index in [1.165, 1.54) is 13.0 Å². The third kappa shape index (κ3) is 5.22. The molecule has 5 N–H and O–H groups in total. The fourth-order valence-corrected chi connectivity index (χ4v) is 5.07. The molecule has 0 aromatic rings. The smallest absolute Gasteiger partial charge is 0.295 e. The molecule has 7 unspecified atom stereocenters. The lowest BCUT2D eigenvalue weighted by Crippen LogP contribution is -2.61. The number of aliphatic imine (C=N–C) groups is 1. The topological polar surface area (TPSA) is 91.9 Å². The van der Waals surface area contributed by atoms with Gasteiger partial charge < -0.3 is 20.9 Å². The van der Waals surface area contributed by atoms with Gasteiger partial charge in [0, 0.05) is 31.0 Å². The summed E-state index contributed by atoms with van der Waals surface area (Å²) < 4.78 is 76.6. The molecule has 12 heteroatoms. The number of aliphatic hydroxyl groups is 1. The quantitative estimate of drug-likeness (QED) is 0.206. The Balaban J connectivity index is 1.72. The predicted molar refractivity (Wildman–Crippen MR) is 111 cm³/mol. The second kappa shape index (κ2) is 9.32. The van der Waals surface area contributed by atoms with E-state index in [0.717, 1.165) is 6.92 Å². The van der Waals surface area contributed by atoms with Crippen LogP contribution in [0.5, 0.6) is 0 Å². The second-order valence-corrected chi connectivity index (χ2v) is 9.63. The van der Waals surface area contributed by atoms with E-state index in [1.54, 1.807) is 0 Å². The van der Waals surface area contributed by atoms with Crippen molar-refractivity contribution in [3.05, 3.63) is 11.6 Å². The van der Waals surface area contributed by atoms with Crippen LogP contribution in [-0.2, 0) is 4.74 Å². The molecule has 1 saturated carbocycles. The molecule has 0 aromatic carbocycles. The van der Waals surface area contributed by atoms with Crippen LogP contribution in [0.2, 0.25) is 0 Å². The standard InChI is InChI=1S/C20H30ClF5N4O2/c1-18(20(25,26)9-32-8-15(27)30-18)12-6-11(3-4-14(12)22)29-17(31)16-13(21)5-10(7-28-16)19(2,23)24/h5,11-14,16-17,28-29,31H,3-4,6-9H2,1-2H3,(H2,27,30). The number of nitrogens with two attached hydrogens (primary N) is 1. The van der Waals surface area contributed by atoms with Crippen LogP contribution in [0.4, 0.5) is 22.0 Å². The number of aliphatic hydroxyl groups excluding tert-OH is 1. The first-order valence-corrected chi connectivity index (χ1v) is 11.0. The molecule has 1 fully saturated rings. The Kier molecular flexibility index (Phi) is 7.46. The van der Waals surface area contributed by atoms with Gasteiger partial charge in [0.25, 0.3) is 11.8 Å². The molecule has 1 aliphatic carbocycles. The van der Waals surface area contributed by atoms with Gasteiger partial charge in [-0.15, -0.1) is 11.6 Å². The van der Waals surface area contributed by atoms with Crippen molar-refractivity contribution in [3.8, 4) is 0 Å². The minimum Gasteiger partial charge on any atom is -0.386 e. The highest BCUT2D eigenvalue weighted by Gasteiger charge is 2.59. The van der Waals surface area contributed by atoms with Gasteiger partial charge in [0.05, 0.1) is 11.4 Å². The average Bonchev–Trinajstić information content (AvgIpc) is 2.77. The van der Waals surface area contributed by atoms with Gasteiger partial charge >= 0.3 is 0 Å². The molecule has 32 heavy (non-hydrogen) atoms. The SMILES string of the molecule is CC(F)(F)C1=CC(Cl)C(C(O)NC2CCC(F)C(C3(C)N=C(N)COCC3(F)F)C2)NC1. The molecule has 0 radical (unpaired) electrons. The van der Waals surface area contributed by atoms with Crippen molar-refractivity contribution in [2.24, 2.45) is 16.6 Å². The second-order valence-electron chi connectivity index (χ2n) is 9.12. The van der Waals surface area contributed by atoms with Crippen LogP contribution < -0.4 is 16.4 Å². The number of ether oxygens (including phenoxy) is 1. The van der Waals surface area contributed by atoms with Gasteiger partial charge in [0.1, 0.15) is 37.0 Å². The summed E-state index contributed by atoms with van der Waals surface area (Å²) in [6, 6.07) is -1.31. The minimum absolute atomic E-state index is 0.00842. The number of nitrogens with one attached hydrogen (secondary N) is 2. The van der Waals surface area contributed by atoms with Crippen molar-refractivity contribution < 1.29 is 31.8 Å². The zero-order valence-corrected chi connectivity index (χ0v) is 18.7. The molecule has 2 aliphatic heterocycles. The molecule has 6 nitrogen and oxygen atoms in total. The summed E-state index contributed by atoms with van der Waals surface area (Å²) in [5, 5.41) is 15.4. The van der Waals surface area contributed by atoms with Crippen LogP contribution in [0.15, 0.2) is 16.6 Å². The maximum absolute atomic E-state index is 14.9. The van der Waals surface area contributed by atoms with E-state index >= 15 is 0 Å². The lowest BCUT2D eigenvalue weighted by Gasteiger charge is -2.45. The van der Waals surface area contributed by atoms with Crippen LogP contribution in [-0.4, -0.2) is 77.9 Å². The number of amidine groups is 1. The van der Waals surface area contributed by atoms with Gasteiger partial charge in [0.2, 0.25) is 0 Å². The molecule has 2 heterocycles. The normalized spacial score (nSPS) is 39.6. The summed E-state index contributed by atoms with van der Waals surface area (Å²) >= 11 is 6.19. The molecule has 3 aliphatic rings. The van der Waals surface area contributed by atoms with E-state index in [4.69, 9.17) is 22.1 Å². The Morgan fingerprint density at radius 1 is 1.41 bits per heavy atom. The number of rotatable bonds is 5. The van der Waals surface area contributed by atoms with Crippen molar-refractivity contribution in [1.29, 1.82) is 0 Å². The minimum atomic E-state index is -3.44. The molecule has 7 atom stereocenters. The number of hydrogen-bond acceptors (Lipinski definition) is 6. The third-order valence-electron chi connectivity index (χ3n) is 6.68. The Labute approximate surface area is 188 Å². The van der Waals surface area contributed by atoms with Gasteiger partial charge in [-0.2, -0.15) is 0 Å². The summed E-state index contributed by atoms with van der Waals surface area (Å²) in [6.07, 6.45) is -1.34. The highest BCUT2D eigenvalue weighted by Crippen LogP contribution is 2.46. The highest BCUT2D eigenvalue weighted by molar-refractivity contribution is 6.22. The van der Waals surface area contributed by atoms with Crippen molar-refractivity contribution in [2.45, 2.75) is 80.4 Å². The third-order valence-corrected chi connectivity index (χ3v) is 7.08. The zero-order chi connectivity index (χ0) is 23.9. The van der Waals surface area contributed by atoms with Crippen molar-refractivity contribution in [1.82, 2.24) is 10.6 Å². The van der Waals surface area contributed by atoms with E-state index in [1.807, 2.05) is 0 Å². The molecular weight excluding hydrogens is 459 g/mol. The summed E-state index contributed by atoms with van der Waals surface area (Å²) in [6.45, 7) is 0.604. The van der Waals surface area contributed by atoms with Crippen LogP contribution in [0.25, 0.3) is 0 Å². The van der Waals surface area contributed by atoms with E-state index in [0.29, 0.717) is 6.42 Å². The molecular formula is C20H30ClF5N4O2. The molecule has 184 valence electrons. The van der Waals surface area contributed by atoms with Gasteiger partial charge in [0.15, 0.2) is 0 Å². The van der Waals surface area contributed by atoms with Crippen LogP contribution in [0.3, 0.4) is 0 Å². The lowest BCUT2D eigenvalue weighted by molar-refractivity contribution is -0.143. The van der Waals surface area contributed by atoms with E-state index < -0.39 is 59.8 Å².